The molecule has 0 radical (unpaired) electrons. The Labute approximate surface area is 112 Å². The molecule has 0 aliphatic carbocycles. The van der Waals surface area contributed by atoms with Crippen molar-refractivity contribution in [1.82, 2.24) is 20.8 Å². The third-order valence-electron chi connectivity index (χ3n) is 2.93. The standard InChI is InChI=1S/C14H20N4O/c1-2-7-15-8-9-16-14(19)10-13-11-5-3-4-6-12(11)17-18-13/h3-6,15H,2,7-10H2,1H3,(H,16,19)(H,17,18). The molecule has 0 spiro atoms. The molecule has 0 bridgehead atoms. The van der Waals surface area contributed by atoms with Crippen LogP contribution in [-0.4, -0.2) is 35.7 Å². The molecule has 0 saturated carbocycles. The van der Waals surface area contributed by atoms with Gasteiger partial charge in [-0.15, -0.1) is 0 Å². The van der Waals surface area contributed by atoms with E-state index in [0.717, 1.165) is 36.1 Å². The van der Waals surface area contributed by atoms with Crippen LogP contribution in [0, 0.1) is 0 Å². The van der Waals surface area contributed by atoms with E-state index in [2.05, 4.69) is 27.8 Å². The van der Waals surface area contributed by atoms with Gasteiger partial charge >= 0.3 is 0 Å². The second-order valence-electron chi connectivity index (χ2n) is 4.50. The van der Waals surface area contributed by atoms with Crippen molar-refractivity contribution in [2.24, 2.45) is 0 Å². The highest BCUT2D eigenvalue weighted by molar-refractivity contribution is 5.87. The molecular formula is C14H20N4O. The highest BCUT2D eigenvalue weighted by atomic mass is 16.1. The van der Waals surface area contributed by atoms with Crippen LogP contribution in [0.5, 0.6) is 0 Å². The highest BCUT2D eigenvalue weighted by Crippen LogP contribution is 2.15. The smallest absolute Gasteiger partial charge is 0.226 e. The van der Waals surface area contributed by atoms with E-state index in [1.165, 1.54) is 0 Å². The zero-order valence-electron chi connectivity index (χ0n) is 11.2. The minimum Gasteiger partial charge on any atom is -0.354 e. The van der Waals surface area contributed by atoms with E-state index in [9.17, 15) is 4.79 Å². The summed E-state index contributed by atoms with van der Waals surface area (Å²) in [5.41, 5.74) is 1.77. The molecule has 1 aromatic carbocycles. The van der Waals surface area contributed by atoms with Crippen molar-refractivity contribution in [3.8, 4) is 0 Å². The number of hydrogen-bond donors (Lipinski definition) is 3. The number of nitrogens with one attached hydrogen (secondary N) is 3. The van der Waals surface area contributed by atoms with Gasteiger partial charge in [0.2, 0.25) is 5.91 Å². The molecule has 0 saturated heterocycles. The lowest BCUT2D eigenvalue weighted by Crippen LogP contribution is -2.33. The Bertz CT molecular complexity index is 535. The first-order valence-corrected chi connectivity index (χ1v) is 6.70. The molecule has 0 unspecified atom stereocenters. The number of fused-ring (bicyclic) bond motifs is 1. The monoisotopic (exact) mass is 260 g/mol. The Balaban J connectivity index is 1.82. The summed E-state index contributed by atoms with van der Waals surface area (Å²) >= 11 is 0. The molecule has 1 aromatic heterocycles. The SMILES string of the molecule is CCCNCCNC(=O)Cc1[nH]nc2ccccc12. The summed E-state index contributed by atoms with van der Waals surface area (Å²) < 4.78 is 0. The number of rotatable bonds is 7. The van der Waals surface area contributed by atoms with Gasteiger partial charge in [0.05, 0.1) is 17.6 Å². The Kier molecular flexibility index (Phi) is 4.92. The summed E-state index contributed by atoms with van der Waals surface area (Å²) in [4.78, 5) is 11.8. The molecular weight excluding hydrogens is 240 g/mol. The number of nitrogens with zero attached hydrogens (tertiary/aromatic N) is 1. The molecule has 1 amide bonds. The largest absolute Gasteiger partial charge is 0.354 e. The summed E-state index contributed by atoms with van der Waals surface area (Å²) in [6.07, 6.45) is 1.45. The lowest BCUT2D eigenvalue weighted by molar-refractivity contribution is -0.120. The molecule has 5 heteroatoms. The van der Waals surface area contributed by atoms with Crippen LogP contribution >= 0.6 is 0 Å². The molecule has 0 fully saturated rings. The summed E-state index contributed by atoms with van der Waals surface area (Å²) in [6, 6.07) is 7.80. The fourth-order valence-corrected chi connectivity index (χ4v) is 1.96. The molecule has 0 aliphatic heterocycles. The van der Waals surface area contributed by atoms with Gasteiger partial charge in [-0.1, -0.05) is 25.1 Å². The first-order valence-electron chi connectivity index (χ1n) is 6.70. The topological polar surface area (TPSA) is 69.8 Å². The number of para-hydroxylation sites is 1. The van der Waals surface area contributed by atoms with Crippen molar-refractivity contribution in [3.05, 3.63) is 30.0 Å². The fraction of sp³-hybridized carbons (Fsp3) is 0.429. The number of aromatic amines is 1. The zero-order chi connectivity index (χ0) is 13.5. The number of H-pyrrole nitrogens is 1. The first-order chi connectivity index (χ1) is 9.31. The normalized spacial score (nSPS) is 10.8. The van der Waals surface area contributed by atoms with Gasteiger partial charge in [-0.25, -0.2) is 0 Å². The highest BCUT2D eigenvalue weighted by Gasteiger charge is 2.08. The number of carbonyl (C=O) groups excluding carboxylic acids is 1. The van der Waals surface area contributed by atoms with Gasteiger partial charge in [-0.05, 0) is 19.0 Å². The number of benzene rings is 1. The van der Waals surface area contributed by atoms with Crippen molar-refractivity contribution in [2.45, 2.75) is 19.8 Å². The van der Waals surface area contributed by atoms with Crippen LogP contribution in [0.15, 0.2) is 24.3 Å². The number of hydrogen-bond acceptors (Lipinski definition) is 3. The van der Waals surface area contributed by atoms with Crippen LogP contribution in [0.3, 0.4) is 0 Å². The lowest BCUT2D eigenvalue weighted by atomic mass is 10.1. The third-order valence-corrected chi connectivity index (χ3v) is 2.93. The predicted molar refractivity (Wildman–Crippen MR) is 76.0 cm³/mol. The molecule has 0 aliphatic rings. The maximum atomic E-state index is 11.8. The molecule has 5 nitrogen and oxygen atoms in total. The van der Waals surface area contributed by atoms with Crippen molar-refractivity contribution < 1.29 is 4.79 Å². The first kappa shape index (κ1) is 13.5. The quantitative estimate of drug-likeness (QED) is 0.656. The van der Waals surface area contributed by atoms with E-state index in [1.54, 1.807) is 0 Å². The minimum atomic E-state index is 0.0210. The van der Waals surface area contributed by atoms with Gasteiger partial charge in [-0.2, -0.15) is 5.10 Å². The van der Waals surface area contributed by atoms with E-state index in [-0.39, 0.29) is 5.91 Å². The molecule has 2 rings (SSSR count). The van der Waals surface area contributed by atoms with Crippen molar-refractivity contribution >= 4 is 16.8 Å². The van der Waals surface area contributed by atoms with E-state index >= 15 is 0 Å². The van der Waals surface area contributed by atoms with Crippen LogP contribution in [0.4, 0.5) is 0 Å². The van der Waals surface area contributed by atoms with E-state index < -0.39 is 0 Å². The third kappa shape index (κ3) is 3.79. The molecule has 0 atom stereocenters. The van der Waals surface area contributed by atoms with Gasteiger partial charge in [0.1, 0.15) is 0 Å². The predicted octanol–water partition coefficient (Wildman–Crippen LogP) is 1.22. The van der Waals surface area contributed by atoms with Gasteiger partial charge in [0.25, 0.3) is 0 Å². The Morgan fingerprint density at radius 2 is 2.11 bits per heavy atom. The Morgan fingerprint density at radius 1 is 1.26 bits per heavy atom. The molecule has 102 valence electrons. The lowest BCUT2D eigenvalue weighted by Gasteiger charge is -2.05. The summed E-state index contributed by atoms with van der Waals surface area (Å²) in [5.74, 6) is 0.0210. The van der Waals surface area contributed by atoms with Crippen LogP contribution in [0.2, 0.25) is 0 Å². The maximum absolute atomic E-state index is 11.8. The van der Waals surface area contributed by atoms with E-state index in [0.29, 0.717) is 13.0 Å². The van der Waals surface area contributed by atoms with Gasteiger partial charge in [-0.3, -0.25) is 9.89 Å². The maximum Gasteiger partial charge on any atom is 0.226 e. The second-order valence-corrected chi connectivity index (χ2v) is 4.50. The Morgan fingerprint density at radius 3 is 2.95 bits per heavy atom. The van der Waals surface area contributed by atoms with Crippen LogP contribution in [0.25, 0.3) is 10.9 Å². The molecule has 2 aromatic rings. The molecule has 1 heterocycles. The average molecular weight is 260 g/mol. The second kappa shape index (κ2) is 6.89. The summed E-state index contributed by atoms with van der Waals surface area (Å²) in [5, 5.41) is 14.3. The molecule has 3 N–H and O–H groups in total. The van der Waals surface area contributed by atoms with Crippen LogP contribution in [0.1, 0.15) is 19.0 Å². The van der Waals surface area contributed by atoms with E-state index in [1.807, 2.05) is 24.3 Å². The van der Waals surface area contributed by atoms with Gasteiger partial charge in [0.15, 0.2) is 0 Å². The van der Waals surface area contributed by atoms with Gasteiger partial charge < -0.3 is 10.6 Å². The van der Waals surface area contributed by atoms with Crippen molar-refractivity contribution in [3.63, 3.8) is 0 Å². The minimum absolute atomic E-state index is 0.0210. The molecule has 19 heavy (non-hydrogen) atoms. The van der Waals surface area contributed by atoms with E-state index in [4.69, 9.17) is 0 Å². The Hall–Kier alpha value is -1.88. The number of carbonyl (C=O) groups is 1. The van der Waals surface area contributed by atoms with Crippen LogP contribution < -0.4 is 10.6 Å². The zero-order valence-corrected chi connectivity index (χ0v) is 11.2. The van der Waals surface area contributed by atoms with Crippen molar-refractivity contribution in [1.29, 1.82) is 0 Å². The summed E-state index contributed by atoms with van der Waals surface area (Å²) in [7, 11) is 0. The average Bonchev–Trinajstić information content (AvgIpc) is 2.82. The van der Waals surface area contributed by atoms with Crippen LogP contribution in [-0.2, 0) is 11.2 Å². The number of aromatic nitrogens is 2. The summed E-state index contributed by atoms with van der Waals surface area (Å²) in [6.45, 7) is 4.57. The van der Waals surface area contributed by atoms with Gasteiger partial charge in [0, 0.05) is 18.5 Å². The van der Waals surface area contributed by atoms with Crippen molar-refractivity contribution in [2.75, 3.05) is 19.6 Å². The fourth-order valence-electron chi connectivity index (χ4n) is 1.96. The number of amides is 1.